The first-order valence-electron chi connectivity index (χ1n) is 13.5. The van der Waals surface area contributed by atoms with Crippen molar-refractivity contribution in [1.82, 2.24) is 0 Å². The van der Waals surface area contributed by atoms with Gasteiger partial charge in [0.1, 0.15) is 0 Å². The van der Waals surface area contributed by atoms with E-state index in [4.69, 9.17) is 5.73 Å². The lowest BCUT2D eigenvalue weighted by molar-refractivity contribution is 0.522. The normalized spacial score (nSPS) is 12.1. The molecular weight excluding hydrogens is 410 g/mol. The molecule has 0 bridgehead atoms. The molecule has 0 aliphatic rings. The molecule has 182 valence electrons. The van der Waals surface area contributed by atoms with E-state index in [2.05, 4.69) is 51.1 Å². The van der Waals surface area contributed by atoms with Crippen LogP contribution in [0, 0.1) is 0 Å². The van der Waals surface area contributed by atoms with Gasteiger partial charge in [0.25, 0.3) is 0 Å². The van der Waals surface area contributed by atoms with Crippen LogP contribution in [0.25, 0.3) is 10.8 Å². The van der Waals surface area contributed by atoms with Crippen LogP contribution < -0.4 is 5.73 Å². The van der Waals surface area contributed by atoms with Crippen LogP contribution in [0.2, 0.25) is 0 Å². The lowest BCUT2D eigenvalue weighted by atomic mass is 9.86. The number of unbranched alkanes of at least 4 members (excludes halogenated alkanes) is 12. The van der Waals surface area contributed by atoms with Gasteiger partial charge in [-0.1, -0.05) is 135 Å². The van der Waals surface area contributed by atoms with Crippen LogP contribution in [0.5, 0.6) is 0 Å². The first-order valence-corrected chi connectivity index (χ1v) is 13.5. The molecule has 0 aliphatic carbocycles. The highest BCUT2D eigenvalue weighted by Crippen LogP contribution is 2.33. The Labute approximate surface area is 205 Å². The molecule has 1 atom stereocenters. The highest BCUT2D eigenvalue weighted by Gasteiger charge is 2.17. The number of aryl methyl sites for hydroxylation is 1. The maximum Gasteiger partial charge on any atom is 0.0303 e. The van der Waals surface area contributed by atoms with Crippen molar-refractivity contribution in [1.29, 1.82) is 0 Å². The van der Waals surface area contributed by atoms with Crippen molar-refractivity contribution in [2.45, 2.75) is 130 Å². The van der Waals surface area contributed by atoms with E-state index in [9.17, 15) is 0 Å². The van der Waals surface area contributed by atoms with E-state index in [0.29, 0.717) is 0 Å². The van der Waals surface area contributed by atoms with Gasteiger partial charge in [0.05, 0.1) is 0 Å². The second-order valence-electron chi connectivity index (χ2n) is 9.49. The molecule has 2 aromatic rings. The number of fused-ring (bicyclic) bond motifs is 1. The molecule has 0 heterocycles. The minimum absolute atomic E-state index is 0. The van der Waals surface area contributed by atoms with Crippen molar-refractivity contribution in [3.63, 3.8) is 0 Å². The Morgan fingerprint density at radius 3 is 1.75 bits per heavy atom. The van der Waals surface area contributed by atoms with Crippen molar-refractivity contribution in [2.75, 3.05) is 0 Å². The zero-order valence-electron chi connectivity index (χ0n) is 21.3. The molecule has 0 fully saturated rings. The average molecular weight is 460 g/mol. The lowest BCUT2D eigenvalue weighted by Gasteiger charge is -2.22. The van der Waals surface area contributed by atoms with E-state index in [1.165, 1.54) is 111 Å². The summed E-state index contributed by atoms with van der Waals surface area (Å²) in [4.78, 5) is 0. The third-order valence-electron chi connectivity index (χ3n) is 7.02. The molecule has 1 nitrogen and oxygen atoms in total. The minimum Gasteiger partial charge on any atom is -0.324 e. The molecule has 32 heavy (non-hydrogen) atoms. The predicted octanol–water partition coefficient (Wildman–Crippen LogP) is 9.87. The zero-order valence-corrected chi connectivity index (χ0v) is 22.1. The van der Waals surface area contributed by atoms with Crippen LogP contribution >= 0.6 is 12.4 Å². The number of nitrogens with two attached hydrogens (primary N) is 1. The quantitative estimate of drug-likeness (QED) is 0.234. The standard InChI is InChI=1S/C30H49N.ClH/c1-4-7-8-9-10-11-12-13-14-15-16-17-18-23-29(31)30-27(6-3)25(5-2)24-26-21-19-20-22-28(26)30;/h19-22,24,29H,4-18,23,31H2,1-3H3;1H. The van der Waals surface area contributed by atoms with Gasteiger partial charge in [-0.3, -0.25) is 0 Å². The fourth-order valence-corrected chi connectivity index (χ4v) is 5.16. The highest BCUT2D eigenvalue weighted by molar-refractivity contribution is 5.88. The van der Waals surface area contributed by atoms with E-state index in [-0.39, 0.29) is 18.4 Å². The van der Waals surface area contributed by atoms with Crippen LogP contribution in [0.3, 0.4) is 0 Å². The fraction of sp³-hybridized carbons (Fsp3) is 0.667. The van der Waals surface area contributed by atoms with E-state index in [1.54, 1.807) is 0 Å². The van der Waals surface area contributed by atoms with Gasteiger partial charge in [-0.15, -0.1) is 12.4 Å². The number of rotatable bonds is 17. The Morgan fingerprint density at radius 1 is 0.688 bits per heavy atom. The summed E-state index contributed by atoms with van der Waals surface area (Å²) >= 11 is 0. The van der Waals surface area contributed by atoms with Gasteiger partial charge in [-0.05, 0) is 46.7 Å². The predicted molar refractivity (Wildman–Crippen MR) is 147 cm³/mol. The van der Waals surface area contributed by atoms with Gasteiger partial charge in [0.15, 0.2) is 0 Å². The largest absolute Gasteiger partial charge is 0.324 e. The average Bonchev–Trinajstić information content (AvgIpc) is 2.80. The van der Waals surface area contributed by atoms with Crippen molar-refractivity contribution in [3.05, 3.63) is 47.0 Å². The van der Waals surface area contributed by atoms with Crippen LogP contribution in [0.4, 0.5) is 0 Å². The summed E-state index contributed by atoms with van der Waals surface area (Å²) in [5.74, 6) is 0. The number of halogens is 1. The molecule has 0 saturated heterocycles. The monoisotopic (exact) mass is 459 g/mol. The third-order valence-corrected chi connectivity index (χ3v) is 7.02. The van der Waals surface area contributed by atoms with Gasteiger partial charge < -0.3 is 5.73 Å². The highest BCUT2D eigenvalue weighted by atomic mass is 35.5. The first-order chi connectivity index (χ1) is 15.2. The molecule has 2 aromatic carbocycles. The summed E-state index contributed by atoms with van der Waals surface area (Å²) in [6.45, 7) is 6.84. The maximum absolute atomic E-state index is 6.80. The summed E-state index contributed by atoms with van der Waals surface area (Å²) in [6, 6.07) is 11.4. The molecule has 0 spiro atoms. The molecule has 2 rings (SSSR count). The van der Waals surface area contributed by atoms with Crippen molar-refractivity contribution >= 4 is 23.2 Å². The Hall–Kier alpha value is -1.05. The van der Waals surface area contributed by atoms with Crippen LogP contribution in [0.1, 0.15) is 133 Å². The smallest absolute Gasteiger partial charge is 0.0303 e. The molecular formula is C30H50ClN. The van der Waals surface area contributed by atoms with Gasteiger partial charge in [0.2, 0.25) is 0 Å². The van der Waals surface area contributed by atoms with Crippen molar-refractivity contribution in [3.8, 4) is 0 Å². The van der Waals surface area contributed by atoms with E-state index < -0.39 is 0 Å². The molecule has 0 amide bonds. The lowest BCUT2D eigenvalue weighted by Crippen LogP contribution is -2.14. The summed E-state index contributed by atoms with van der Waals surface area (Å²) in [5.41, 5.74) is 11.2. The fourth-order valence-electron chi connectivity index (χ4n) is 5.16. The second kappa shape index (κ2) is 17.4. The molecule has 1 unspecified atom stereocenters. The SMILES string of the molecule is CCCCCCCCCCCCCCCC(N)c1c(CC)c(CC)cc2ccccc12.Cl. The molecule has 0 saturated carbocycles. The zero-order chi connectivity index (χ0) is 22.3. The molecule has 0 radical (unpaired) electrons. The number of benzene rings is 2. The first kappa shape index (κ1) is 29.0. The van der Waals surface area contributed by atoms with E-state index in [0.717, 1.165) is 19.3 Å². The minimum atomic E-state index is 0. The van der Waals surface area contributed by atoms with Gasteiger partial charge in [-0.2, -0.15) is 0 Å². The second-order valence-corrected chi connectivity index (χ2v) is 9.49. The van der Waals surface area contributed by atoms with E-state index >= 15 is 0 Å². The Morgan fingerprint density at radius 2 is 1.22 bits per heavy atom. The summed E-state index contributed by atoms with van der Waals surface area (Å²) < 4.78 is 0. The maximum atomic E-state index is 6.80. The van der Waals surface area contributed by atoms with Crippen molar-refractivity contribution < 1.29 is 0 Å². The summed E-state index contributed by atoms with van der Waals surface area (Å²) in [6.07, 6.45) is 21.5. The Bertz CT molecular complexity index is 739. The van der Waals surface area contributed by atoms with Gasteiger partial charge >= 0.3 is 0 Å². The van der Waals surface area contributed by atoms with Crippen molar-refractivity contribution in [2.24, 2.45) is 5.73 Å². The summed E-state index contributed by atoms with van der Waals surface area (Å²) in [5, 5.41) is 2.73. The summed E-state index contributed by atoms with van der Waals surface area (Å²) in [7, 11) is 0. The molecule has 0 aliphatic heterocycles. The number of hydrogen-bond acceptors (Lipinski definition) is 1. The van der Waals surface area contributed by atoms with E-state index in [1.807, 2.05) is 0 Å². The topological polar surface area (TPSA) is 26.0 Å². The molecule has 0 aromatic heterocycles. The Kier molecular flexibility index (Phi) is 15.8. The molecule has 2 heteroatoms. The molecule has 2 N–H and O–H groups in total. The van der Waals surface area contributed by atoms with Crippen LogP contribution in [-0.4, -0.2) is 0 Å². The van der Waals surface area contributed by atoms with Gasteiger partial charge in [-0.25, -0.2) is 0 Å². The number of hydrogen-bond donors (Lipinski definition) is 1. The van der Waals surface area contributed by atoms with Gasteiger partial charge in [0, 0.05) is 6.04 Å². The Balaban J connectivity index is 0.00000512. The third kappa shape index (κ3) is 9.44. The van der Waals surface area contributed by atoms with Crippen LogP contribution in [0.15, 0.2) is 30.3 Å². The van der Waals surface area contributed by atoms with Crippen LogP contribution in [-0.2, 0) is 12.8 Å².